The molecule has 1 heterocycles. The highest BCUT2D eigenvalue weighted by atomic mass is 35.5. The summed E-state index contributed by atoms with van der Waals surface area (Å²) in [6, 6.07) is 1.25. The summed E-state index contributed by atoms with van der Waals surface area (Å²) >= 11 is 5.52. The second-order valence-electron chi connectivity index (χ2n) is 2.58. The largest absolute Gasteiger partial charge is 0.478 e. The van der Waals surface area contributed by atoms with E-state index >= 15 is 0 Å². The van der Waals surface area contributed by atoms with Gasteiger partial charge in [0.1, 0.15) is 5.15 Å². The van der Waals surface area contributed by atoms with Crippen molar-refractivity contribution in [3.63, 3.8) is 0 Å². The van der Waals surface area contributed by atoms with Crippen molar-refractivity contribution in [3.05, 3.63) is 34.6 Å². The molecule has 6 heteroatoms. The summed E-state index contributed by atoms with van der Waals surface area (Å²) in [5.41, 5.74) is 0.198. The molecule has 5 nitrogen and oxygen atoms in total. The first-order chi connectivity index (χ1) is 7.00. The number of carboxylic acids is 2. The van der Waals surface area contributed by atoms with Gasteiger partial charge >= 0.3 is 11.9 Å². The number of halogens is 1. The van der Waals surface area contributed by atoms with Gasteiger partial charge in [-0.3, -0.25) is 0 Å². The fraction of sp³-hybridized carbons (Fsp3) is 0. The normalized spacial score (nSPS) is 10.5. The number of pyridine rings is 1. The Bertz CT molecular complexity index is 442. The van der Waals surface area contributed by atoms with Crippen LogP contribution in [0.3, 0.4) is 0 Å². The summed E-state index contributed by atoms with van der Waals surface area (Å²) in [5.74, 6) is -2.33. The molecule has 2 N–H and O–H groups in total. The van der Waals surface area contributed by atoms with E-state index in [1.54, 1.807) is 0 Å². The molecule has 1 rings (SSSR count). The maximum absolute atomic E-state index is 10.6. The SMILES string of the molecule is O=C(O)C=Cc1cnc(Cl)c(C(=O)O)c1. The molecule has 0 radical (unpaired) electrons. The van der Waals surface area contributed by atoms with E-state index in [1.165, 1.54) is 18.3 Å². The zero-order valence-electron chi connectivity index (χ0n) is 7.35. The number of rotatable bonds is 3. The van der Waals surface area contributed by atoms with Crippen LogP contribution in [0, 0.1) is 0 Å². The molecule has 0 bridgehead atoms. The third kappa shape index (κ3) is 3.07. The Morgan fingerprint density at radius 1 is 1.40 bits per heavy atom. The van der Waals surface area contributed by atoms with Gasteiger partial charge in [0.15, 0.2) is 0 Å². The van der Waals surface area contributed by atoms with E-state index in [-0.39, 0.29) is 10.7 Å². The number of aromatic nitrogens is 1. The van der Waals surface area contributed by atoms with Crippen LogP contribution in [0.2, 0.25) is 5.15 Å². The molecule has 1 aromatic heterocycles. The van der Waals surface area contributed by atoms with Gasteiger partial charge < -0.3 is 10.2 Å². The van der Waals surface area contributed by atoms with Crippen LogP contribution in [0.25, 0.3) is 6.08 Å². The van der Waals surface area contributed by atoms with E-state index in [2.05, 4.69) is 4.98 Å². The van der Waals surface area contributed by atoms with Crippen LogP contribution in [0.4, 0.5) is 0 Å². The number of carbonyl (C=O) groups is 2. The molecule has 0 aromatic carbocycles. The fourth-order valence-electron chi connectivity index (χ4n) is 0.873. The Balaban J connectivity index is 3.08. The number of carboxylic acid groups (broad SMARTS) is 2. The monoisotopic (exact) mass is 227 g/mol. The van der Waals surface area contributed by atoms with E-state index in [9.17, 15) is 9.59 Å². The van der Waals surface area contributed by atoms with Gasteiger partial charge in [-0.05, 0) is 17.7 Å². The summed E-state index contributed by atoms with van der Waals surface area (Å²) in [6.07, 6.45) is 3.41. The van der Waals surface area contributed by atoms with Crippen LogP contribution in [-0.4, -0.2) is 27.1 Å². The second-order valence-corrected chi connectivity index (χ2v) is 2.94. The van der Waals surface area contributed by atoms with Gasteiger partial charge in [-0.2, -0.15) is 0 Å². The summed E-state index contributed by atoms with van der Waals surface area (Å²) in [5, 5.41) is 16.9. The van der Waals surface area contributed by atoms with E-state index in [0.717, 1.165) is 6.08 Å². The van der Waals surface area contributed by atoms with Gasteiger partial charge in [-0.15, -0.1) is 0 Å². The molecule has 0 amide bonds. The first-order valence-electron chi connectivity index (χ1n) is 3.80. The van der Waals surface area contributed by atoms with Crippen molar-refractivity contribution < 1.29 is 19.8 Å². The van der Waals surface area contributed by atoms with Gasteiger partial charge in [0.2, 0.25) is 0 Å². The number of aliphatic carboxylic acids is 1. The number of hydrogen-bond acceptors (Lipinski definition) is 3. The van der Waals surface area contributed by atoms with Gasteiger partial charge in [0.25, 0.3) is 0 Å². The minimum absolute atomic E-state index is 0.130. The molecular formula is C9H6ClNO4. The average Bonchev–Trinajstić information content (AvgIpc) is 2.16. The van der Waals surface area contributed by atoms with E-state index < -0.39 is 11.9 Å². The van der Waals surface area contributed by atoms with Crippen molar-refractivity contribution >= 4 is 29.6 Å². The highest BCUT2D eigenvalue weighted by Crippen LogP contribution is 2.15. The fourth-order valence-corrected chi connectivity index (χ4v) is 1.06. The molecule has 0 saturated heterocycles. The van der Waals surface area contributed by atoms with Gasteiger partial charge in [0, 0.05) is 12.3 Å². The molecule has 0 saturated carbocycles. The van der Waals surface area contributed by atoms with Crippen molar-refractivity contribution in [1.29, 1.82) is 0 Å². The van der Waals surface area contributed by atoms with Crippen molar-refractivity contribution in [2.45, 2.75) is 0 Å². The highest BCUT2D eigenvalue weighted by Gasteiger charge is 2.09. The third-order valence-electron chi connectivity index (χ3n) is 1.51. The van der Waals surface area contributed by atoms with Crippen molar-refractivity contribution in [2.75, 3.05) is 0 Å². The molecule has 0 aliphatic heterocycles. The lowest BCUT2D eigenvalue weighted by Gasteiger charge is -1.98. The maximum Gasteiger partial charge on any atom is 0.338 e. The van der Waals surface area contributed by atoms with Gasteiger partial charge in [-0.1, -0.05) is 11.6 Å². The first-order valence-corrected chi connectivity index (χ1v) is 4.18. The predicted octanol–water partition coefficient (Wildman–Crippen LogP) is 1.53. The standard InChI is InChI=1S/C9H6ClNO4/c10-8-6(9(14)15)3-5(4-11-8)1-2-7(12)13/h1-4H,(H,12,13)(H,14,15). The lowest BCUT2D eigenvalue weighted by atomic mass is 10.2. The van der Waals surface area contributed by atoms with E-state index in [4.69, 9.17) is 21.8 Å². The molecule has 0 atom stereocenters. The molecule has 1 aromatic rings. The van der Waals surface area contributed by atoms with Crippen molar-refractivity contribution in [2.24, 2.45) is 0 Å². The summed E-state index contributed by atoms with van der Waals surface area (Å²) in [6.45, 7) is 0. The highest BCUT2D eigenvalue weighted by molar-refractivity contribution is 6.32. The first kappa shape index (κ1) is 11.2. The minimum atomic E-state index is -1.21. The number of hydrogen-bond donors (Lipinski definition) is 2. The summed E-state index contributed by atoms with van der Waals surface area (Å²) < 4.78 is 0. The summed E-state index contributed by atoms with van der Waals surface area (Å²) in [7, 11) is 0. The number of aromatic carboxylic acids is 1. The maximum atomic E-state index is 10.6. The Labute approximate surface area is 89.6 Å². The Morgan fingerprint density at radius 2 is 2.07 bits per heavy atom. The Kier molecular flexibility index (Phi) is 3.41. The van der Waals surface area contributed by atoms with Crippen molar-refractivity contribution in [1.82, 2.24) is 4.98 Å². The smallest absolute Gasteiger partial charge is 0.338 e. The van der Waals surface area contributed by atoms with Crippen LogP contribution in [0.15, 0.2) is 18.3 Å². The molecule has 0 fully saturated rings. The van der Waals surface area contributed by atoms with Crippen LogP contribution < -0.4 is 0 Å². The predicted molar refractivity (Wildman–Crippen MR) is 52.9 cm³/mol. The Hall–Kier alpha value is -1.88. The molecule has 0 aliphatic carbocycles. The quantitative estimate of drug-likeness (QED) is 0.604. The van der Waals surface area contributed by atoms with Crippen LogP contribution in [0.5, 0.6) is 0 Å². The van der Waals surface area contributed by atoms with Crippen LogP contribution in [0.1, 0.15) is 15.9 Å². The number of nitrogens with zero attached hydrogens (tertiary/aromatic N) is 1. The van der Waals surface area contributed by atoms with E-state index in [1.807, 2.05) is 0 Å². The molecule has 0 spiro atoms. The van der Waals surface area contributed by atoms with Crippen LogP contribution >= 0.6 is 11.6 Å². The zero-order valence-corrected chi connectivity index (χ0v) is 8.10. The van der Waals surface area contributed by atoms with Gasteiger partial charge in [0.05, 0.1) is 5.56 Å². The topological polar surface area (TPSA) is 87.5 Å². The van der Waals surface area contributed by atoms with E-state index in [0.29, 0.717) is 5.56 Å². The lowest BCUT2D eigenvalue weighted by molar-refractivity contribution is -0.131. The van der Waals surface area contributed by atoms with Gasteiger partial charge in [-0.25, -0.2) is 14.6 Å². The Morgan fingerprint density at radius 3 is 2.60 bits per heavy atom. The molecule has 0 aliphatic rings. The van der Waals surface area contributed by atoms with Crippen molar-refractivity contribution in [3.8, 4) is 0 Å². The van der Waals surface area contributed by atoms with Crippen LogP contribution in [-0.2, 0) is 4.79 Å². The second kappa shape index (κ2) is 4.56. The molecular weight excluding hydrogens is 222 g/mol. The zero-order chi connectivity index (χ0) is 11.4. The molecule has 15 heavy (non-hydrogen) atoms. The minimum Gasteiger partial charge on any atom is -0.478 e. The lowest BCUT2D eigenvalue weighted by Crippen LogP contribution is -1.99. The summed E-state index contributed by atoms with van der Waals surface area (Å²) in [4.78, 5) is 24.5. The molecule has 78 valence electrons. The molecule has 0 unspecified atom stereocenters. The third-order valence-corrected chi connectivity index (χ3v) is 1.81. The average molecular weight is 228 g/mol.